The topological polar surface area (TPSA) is 12.5 Å². The number of rotatable bonds is 3. The van der Waals surface area contributed by atoms with Gasteiger partial charge in [-0.1, -0.05) is 0 Å². The highest BCUT2D eigenvalue weighted by molar-refractivity contribution is 6.17. The molecule has 2 unspecified atom stereocenters. The third-order valence-corrected chi connectivity index (χ3v) is 3.90. The van der Waals surface area contributed by atoms with Crippen LogP contribution in [0.25, 0.3) is 0 Å². The molecule has 4 heteroatoms. The standard InChI is InChI=1S/C14H19ClFNO/c1-10-5-14(18-2)3-4-17(10)13-7-11(9-15)6-12(16)8-13/h6-8,10,14H,3-5,9H2,1-2H3. The normalized spacial score (nSPS) is 24.3. The van der Waals surface area contributed by atoms with E-state index in [2.05, 4.69) is 11.8 Å². The molecule has 0 bridgehead atoms. The largest absolute Gasteiger partial charge is 0.381 e. The molecule has 1 aliphatic rings. The summed E-state index contributed by atoms with van der Waals surface area (Å²) in [6, 6.07) is 5.40. The monoisotopic (exact) mass is 271 g/mol. The molecule has 2 nitrogen and oxygen atoms in total. The van der Waals surface area contributed by atoms with Crippen molar-refractivity contribution in [1.29, 1.82) is 0 Å². The second-order valence-electron chi connectivity index (χ2n) is 4.88. The Kier molecular flexibility index (Phi) is 4.46. The number of hydrogen-bond donors (Lipinski definition) is 0. The third-order valence-electron chi connectivity index (χ3n) is 3.59. The molecule has 2 atom stereocenters. The van der Waals surface area contributed by atoms with Crippen molar-refractivity contribution < 1.29 is 9.13 Å². The molecule has 1 aromatic carbocycles. The Morgan fingerprint density at radius 2 is 2.22 bits per heavy atom. The zero-order valence-electron chi connectivity index (χ0n) is 10.8. The van der Waals surface area contributed by atoms with Crippen LogP contribution in [0.5, 0.6) is 0 Å². The predicted octanol–water partition coefficient (Wildman–Crippen LogP) is 3.57. The minimum Gasteiger partial charge on any atom is -0.381 e. The van der Waals surface area contributed by atoms with Crippen LogP contribution in [0.2, 0.25) is 0 Å². The van der Waals surface area contributed by atoms with Gasteiger partial charge < -0.3 is 9.64 Å². The molecular formula is C14H19ClFNO. The van der Waals surface area contributed by atoms with Gasteiger partial charge >= 0.3 is 0 Å². The summed E-state index contributed by atoms with van der Waals surface area (Å²) in [7, 11) is 1.75. The molecule has 2 rings (SSSR count). The first-order valence-corrected chi connectivity index (χ1v) is 6.82. The fraction of sp³-hybridized carbons (Fsp3) is 0.571. The molecule has 1 heterocycles. The Morgan fingerprint density at radius 1 is 1.44 bits per heavy atom. The van der Waals surface area contributed by atoms with E-state index in [9.17, 15) is 4.39 Å². The van der Waals surface area contributed by atoms with Crippen LogP contribution >= 0.6 is 11.6 Å². The maximum absolute atomic E-state index is 13.5. The van der Waals surface area contributed by atoms with Crippen molar-refractivity contribution in [3.05, 3.63) is 29.6 Å². The zero-order chi connectivity index (χ0) is 13.1. The van der Waals surface area contributed by atoms with Gasteiger partial charge in [-0.05, 0) is 43.5 Å². The number of ether oxygens (including phenoxy) is 1. The first-order chi connectivity index (χ1) is 8.63. The van der Waals surface area contributed by atoms with E-state index < -0.39 is 0 Å². The van der Waals surface area contributed by atoms with Gasteiger partial charge in [0, 0.05) is 31.3 Å². The van der Waals surface area contributed by atoms with Crippen LogP contribution in [0.1, 0.15) is 25.3 Å². The lowest BCUT2D eigenvalue weighted by atomic mass is 9.99. The van der Waals surface area contributed by atoms with Crippen molar-refractivity contribution in [2.75, 3.05) is 18.6 Å². The summed E-state index contributed by atoms with van der Waals surface area (Å²) in [4.78, 5) is 2.23. The van der Waals surface area contributed by atoms with E-state index in [1.807, 2.05) is 6.07 Å². The summed E-state index contributed by atoms with van der Waals surface area (Å²) >= 11 is 5.79. The summed E-state index contributed by atoms with van der Waals surface area (Å²) in [5.74, 6) is 0.123. The zero-order valence-corrected chi connectivity index (χ0v) is 11.6. The molecule has 0 aromatic heterocycles. The Morgan fingerprint density at radius 3 is 2.83 bits per heavy atom. The Balaban J connectivity index is 2.18. The van der Waals surface area contributed by atoms with Crippen LogP contribution in [0.4, 0.5) is 10.1 Å². The van der Waals surface area contributed by atoms with E-state index >= 15 is 0 Å². The van der Waals surface area contributed by atoms with Crippen molar-refractivity contribution in [1.82, 2.24) is 0 Å². The highest BCUT2D eigenvalue weighted by Gasteiger charge is 2.25. The second kappa shape index (κ2) is 5.89. The molecule has 100 valence electrons. The Hall–Kier alpha value is -0.800. The fourth-order valence-electron chi connectivity index (χ4n) is 2.60. The van der Waals surface area contributed by atoms with Crippen LogP contribution in [-0.2, 0) is 10.6 Å². The van der Waals surface area contributed by atoms with Gasteiger partial charge in [0.25, 0.3) is 0 Å². The molecule has 1 aromatic rings. The van der Waals surface area contributed by atoms with Gasteiger partial charge in [-0.25, -0.2) is 4.39 Å². The Labute approximate surface area is 113 Å². The lowest BCUT2D eigenvalue weighted by Gasteiger charge is -2.39. The minimum atomic E-state index is -0.218. The summed E-state index contributed by atoms with van der Waals surface area (Å²) in [6.07, 6.45) is 2.27. The molecule has 1 aliphatic heterocycles. The number of alkyl halides is 1. The van der Waals surface area contributed by atoms with Gasteiger partial charge in [-0.15, -0.1) is 11.6 Å². The Bertz CT molecular complexity index is 413. The van der Waals surface area contributed by atoms with E-state index in [0.29, 0.717) is 18.0 Å². The summed E-state index contributed by atoms with van der Waals surface area (Å²) in [5.41, 5.74) is 1.75. The van der Waals surface area contributed by atoms with Gasteiger partial charge in [0.05, 0.1) is 6.10 Å². The van der Waals surface area contributed by atoms with E-state index in [1.165, 1.54) is 6.07 Å². The van der Waals surface area contributed by atoms with Gasteiger partial charge in [0.1, 0.15) is 5.82 Å². The first kappa shape index (κ1) is 13.6. The van der Waals surface area contributed by atoms with Gasteiger partial charge in [0.2, 0.25) is 0 Å². The fourth-order valence-corrected chi connectivity index (χ4v) is 2.76. The van der Waals surface area contributed by atoms with Crippen LogP contribution in [-0.4, -0.2) is 25.8 Å². The average molecular weight is 272 g/mol. The average Bonchev–Trinajstić information content (AvgIpc) is 2.37. The molecule has 0 amide bonds. The van der Waals surface area contributed by atoms with E-state index in [0.717, 1.165) is 30.6 Å². The highest BCUT2D eigenvalue weighted by Crippen LogP contribution is 2.27. The smallest absolute Gasteiger partial charge is 0.125 e. The molecular weight excluding hydrogens is 253 g/mol. The maximum Gasteiger partial charge on any atom is 0.125 e. The van der Waals surface area contributed by atoms with Gasteiger partial charge in [0.15, 0.2) is 0 Å². The number of halogens is 2. The van der Waals surface area contributed by atoms with Crippen molar-refractivity contribution >= 4 is 17.3 Å². The first-order valence-electron chi connectivity index (χ1n) is 6.29. The third kappa shape index (κ3) is 2.96. The maximum atomic E-state index is 13.5. The molecule has 18 heavy (non-hydrogen) atoms. The highest BCUT2D eigenvalue weighted by atomic mass is 35.5. The van der Waals surface area contributed by atoms with Crippen LogP contribution in [0, 0.1) is 5.82 Å². The van der Waals surface area contributed by atoms with E-state index in [4.69, 9.17) is 16.3 Å². The molecule has 0 spiro atoms. The predicted molar refractivity (Wildman–Crippen MR) is 72.8 cm³/mol. The van der Waals surface area contributed by atoms with Crippen LogP contribution in [0.15, 0.2) is 18.2 Å². The number of benzene rings is 1. The molecule has 1 saturated heterocycles. The molecule has 0 saturated carbocycles. The second-order valence-corrected chi connectivity index (χ2v) is 5.14. The van der Waals surface area contributed by atoms with Crippen molar-refractivity contribution in [3.63, 3.8) is 0 Å². The summed E-state index contributed by atoms with van der Waals surface area (Å²) < 4.78 is 18.9. The van der Waals surface area contributed by atoms with Crippen molar-refractivity contribution in [3.8, 4) is 0 Å². The number of hydrogen-bond acceptors (Lipinski definition) is 2. The minimum absolute atomic E-state index is 0.218. The molecule has 1 fully saturated rings. The van der Waals surface area contributed by atoms with E-state index in [-0.39, 0.29) is 5.82 Å². The SMILES string of the molecule is COC1CCN(c2cc(F)cc(CCl)c2)C(C)C1. The van der Waals surface area contributed by atoms with Crippen LogP contribution in [0.3, 0.4) is 0 Å². The lowest BCUT2D eigenvalue weighted by Crippen LogP contribution is -2.43. The summed E-state index contributed by atoms with van der Waals surface area (Å²) in [6.45, 7) is 3.04. The summed E-state index contributed by atoms with van der Waals surface area (Å²) in [5, 5.41) is 0. The lowest BCUT2D eigenvalue weighted by molar-refractivity contribution is 0.0721. The number of piperidine rings is 1. The van der Waals surface area contributed by atoms with E-state index in [1.54, 1.807) is 13.2 Å². The van der Waals surface area contributed by atoms with Crippen LogP contribution < -0.4 is 4.90 Å². The van der Waals surface area contributed by atoms with Gasteiger partial charge in [-0.3, -0.25) is 0 Å². The van der Waals surface area contributed by atoms with Gasteiger partial charge in [-0.2, -0.15) is 0 Å². The number of nitrogens with zero attached hydrogens (tertiary/aromatic N) is 1. The van der Waals surface area contributed by atoms with Crippen molar-refractivity contribution in [2.45, 2.75) is 37.8 Å². The number of methoxy groups -OCH3 is 1. The molecule has 0 aliphatic carbocycles. The quantitative estimate of drug-likeness (QED) is 0.780. The molecule has 0 N–H and O–H groups in total. The van der Waals surface area contributed by atoms with Crippen molar-refractivity contribution in [2.24, 2.45) is 0 Å². The molecule has 0 radical (unpaired) electrons. The number of anilines is 1.